The van der Waals surface area contributed by atoms with E-state index in [1.165, 1.54) is 5.56 Å². The Morgan fingerprint density at radius 1 is 1.05 bits per heavy atom. The average molecular weight is 292 g/mol. The summed E-state index contributed by atoms with van der Waals surface area (Å²) in [6.45, 7) is 4.99. The van der Waals surface area contributed by atoms with Crippen LogP contribution in [-0.2, 0) is 13.0 Å². The highest BCUT2D eigenvalue weighted by atomic mass is 35.5. The zero-order valence-corrected chi connectivity index (χ0v) is 12.5. The zero-order chi connectivity index (χ0) is 14.5. The Hall–Kier alpha value is -1.54. The van der Waals surface area contributed by atoms with Crippen molar-refractivity contribution in [2.75, 3.05) is 5.32 Å². The summed E-state index contributed by atoms with van der Waals surface area (Å²) < 4.78 is 13.7. The summed E-state index contributed by atoms with van der Waals surface area (Å²) in [4.78, 5) is 0. The van der Waals surface area contributed by atoms with E-state index in [2.05, 4.69) is 43.4 Å². The van der Waals surface area contributed by atoms with Gasteiger partial charge in [0.1, 0.15) is 0 Å². The van der Waals surface area contributed by atoms with Gasteiger partial charge >= 0.3 is 0 Å². The normalized spacial score (nSPS) is 10.8. The van der Waals surface area contributed by atoms with Gasteiger partial charge in [-0.05, 0) is 35.6 Å². The molecular formula is C17H19ClFN. The number of anilines is 1. The molecule has 0 amide bonds. The van der Waals surface area contributed by atoms with Crippen LogP contribution in [0.5, 0.6) is 0 Å². The van der Waals surface area contributed by atoms with Crippen LogP contribution in [0, 0.1) is 11.7 Å². The molecule has 0 unspecified atom stereocenters. The summed E-state index contributed by atoms with van der Waals surface area (Å²) >= 11 is 5.75. The van der Waals surface area contributed by atoms with Crippen LogP contribution in [0.3, 0.4) is 0 Å². The quantitative estimate of drug-likeness (QED) is 0.789. The first-order valence-electron chi connectivity index (χ1n) is 6.82. The summed E-state index contributed by atoms with van der Waals surface area (Å²) in [5.74, 6) is 0.255. The van der Waals surface area contributed by atoms with Crippen LogP contribution in [0.15, 0.2) is 42.5 Å². The molecule has 0 radical (unpaired) electrons. The van der Waals surface area contributed by atoms with Gasteiger partial charge in [0.05, 0.1) is 10.7 Å². The van der Waals surface area contributed by atoms with Crippen molar-refractivity contribution >= 4 is 17.3 Å². The Balaban J connectivity index is 1.99. The SMILES string of the molecule is CC(C)Cc1ccc(CNc2cccc(Cl)c2F)cc1. The molecule has 2 aromatic rings. The standard InChI is InChI=1S/C17H19ClFN/c1-12(2)10-13-6-8-14(9-7-13)11-20-16-5-3-4-15(18)17(16)19/h3-9,12,20H,10-11H2,1-2H3. The summed E-state index contributed by atoms with van der Waals surface area (Å²) in [7, 11) is 0. The second-order valence-electron chi connectivity index (χ2n) is 5.37. The highest BCUT2D eigenvalue weighted by molar-refractivity contribution is 6.31. The number of hydrogen-bond donors (Lipinski definition) is 1. The minimum atomic E-state index is -0.398. The Kier molecular flexibility index (Phi) is 5.02. The van der Waals surface area contributed by atoms with E-state index < -0.39 is 5.82 Å². The molecule has 0 atom stereocenters. The summed E-state index contributed by atoms with van der Waals surface area (Å²) in [6, 6.07) is 13.4. The van der Waals surface area contributed by atoms with Crippen LogP contribution < -0.4 is 5.32 Å². The summed E-state index contributed by atoms with van der Waals surface area (Å²) in [6.07, 6.45) is 1.08. The molecule has 0 bridgehead atoms. The molecule has 0 spiro atoms. The molecule has 3 heteroatoms. The van der Waals surface area contributed by atoms with Crippen LogP contribution in [0.4, 0.5) is 10.1 Å². The van der Waals surface area contributed by atoms with Crippen LogP contribution in [0.2, 0.25) is 5.02 Å². The molecule has 0 aromatic heterocycles. The van der Waals surface area contributed by atoms with Gasteiger partial charge in [-0.1, -0.05) is 55.8 Å². The topological polar surface area (TPSA) is 12.0 Å². The number of rotatable bonds is 5. The van der Waals surface area contributed by atoms with Crippen molar-refractivity contribution in [3.05, 3.63) is 64.4 Å². The Labute approximate surface area is 124 Å². The molecule has 0 heterocycles. The molecule has 0 fully saturated rings. The fourth-order valence-corrected chi connectivity index (χ4v) is 2.28. The second-order valence-corrected chi connectivity index (χ2v) is 5.78. The molecule has 2 aromatic carbocycles. The second kappa shape index (κ2) is 6.76. The van der Waals surface area contributed by atoms with Crippen molar-refractivity contribution in [1.82, 2.24) is 0 Å². The molecule has 1 nitrogen and oxygen atoms in total. The van der Waals surface area contributed by atoms with E-state index in [-0.39, 0.29) is 5.02 Å². The lowest BCUT2D eigenvalue weighted by molar-refractivity contribution is 0.630. The van der Waals surface area contributed by atoms with E-state index >= 15 is 0 Å². The molecule has 0 aliphatic heterocycles. The largest absolute Gasteiger partial charge is 0.379 e. The van der Waals surface area contributed by atoms with E-state index in [4.69, 9.17) is 11.6 Å². The van der Waals surface area contributed by atoms with Crippen LogP contribution in [0.1, 0.15) is 25.0 Å². The summed E-state index contributed by atoms with van der Waals surface area (Å²) in [5.41, 5.74) is 2.89. The predicted molar refractivity (Wildman–Crippen MR) is 83.7 cm³/mol. The number of nitrogens with one attached hydrogen (secondary N) is 1. The van der Waals surface area contributed by atoms with Crippen molar-refractivity contribution < 1.29 is 4.39 Å². The van der Waals surface area contributed by atoms with Gasteiger partial charge in [0.2, 0.25) is 0 Å². The lowest BCUT2D eigenvalue weighted by Crippen LogP contribution is -2.02. The van der Waals surface area contributed by atoms with Crippen molar-refractivity contribution in [3.8, 4) is 0 Å². The molecule has 20 heavy (non-hydrogen) atoms. The van der Waals surface area contributed by atoms with E-state index in [0.717, 1.165) is 12.0 Å². The average Bonchev–Trinajstić information content (AvgIpc) is 2.41. The first-order chi connectivity index (χ1) is 9.56. The molecule has 0 saturated heterocycles. The Morgan fingerprint density at radius 2 is 1.70 bits per heavy atom. The third-order valence-electron chi connectivity index (χ3n) is 3.10. The Morgan fingerprint density at radius 3 is 2.35 bits per heavy atom. The zero-order valence-electron chi connectivity index (χ0n) is 11.8. The maximum atomic E-state index is 13.7. The number of hydrogen-bond acceptors (Lipinski definition) is 1. The molecule has 0 aliphatic rings. The van der Waals surface area contributed by atoms with Gasteiger partial charge in [0.25, 0.3) is 0 Å². The van der Waals surface area contributed by atoms with Gasteiger partial charge in [-0.3, -0.25) is 0 Å². The third-order valence-corrected chi connectivity index (χ3v) is 3.39. The van der Waals surface area contributed by atoms with Gasteiger partial charge in [-0.25, -0.2) is 4.39 Å². The fraction of sp³-hybridized carbons (Fsp3) is 0.294. The lowest BCUT2D eigenvalue weighted by atomic mass is 10.0. The van der Waals surface area contributed by atoms with E-state index in [1.807, 2.05) is 0 Å². The fourth-order valence-electron chi connectivity index (χ4n) is 2.10. The molecular weight excluding hydrogens is 273 g/mol. The van der Waals surface area contributed by atoms with Crippen LogP contribution in [0.25, 0.3) is 0 Å². The first kappa shape index (κ1) is 14.9. The van der Waals surface area contributed by atoms with Crippen molar-refractivity contribution in [3.63, 3.8) is 0 Å². The minimum Gasteiger partial charge on any atom is -0.379 e. The number of halogens is 2. The van der Waals surface area contributed by atoms with Gasteiger partial charge < -0.3 is 5.32 Å². The predicted octanol–water partition coefficient (Wildman–Crippen LogP) is 5.29. The van der Waals surface area contributed by atoms with Crippen LogP contribution in [-0.4, -0.2) is 0 Å². The lowest BCUT2D eigenvalue weighted by Gasteiger charge is -2.10. The maximum Gasteiger partial charge on any atom is 0.164 e. The number of benzene rings is 2. The first-order valence-corrected chi connectivity index (χ1v) is 7.19. The third kappa shape index (κ3) is 3.97. The smallest absolute Gasteiger partial charge is 0.164 e. The van der Waals surface area contributed by atoms with Crippen molar-refractivity contribution in [1.29, 1.82) is 0 Å². The minimum absolute atomic E-state index is 0.141. The molecule has 0 aliphatic carbocycles. The molecule has 106 valence electrons. The van der Waals surface area contributed by atoms with E-state index in [1.54, 1.807) is 18.2 Å². The van der Waals surface area contributed by atoms with E-state index in [0.29, 0.717) is 18.2 Å². The Bertz CT molecular complexity index is 564. The molecule has 2 rings (SSSR count). The van der Waals surface area contributed by atoms with E-state index in [9.17, 15) is 4.39 Å². The highest BCUT2D eigenvalue weighted by Gasteiger charge is 2.05. The summed E-state index contributed by atoms with van der Waals surface area (Å²) in [5, 5.41) is 3.21. The van der Waals surface area contributed by atoms with Crippen LogP contribution >= 0.6 is 11.6 Å². The van der Waals surface area contributed by atoms with Crippen molar-refractivity contribution in [2.24, 2.45) is 5.92 Å². The van der Waals surface area contributed by atoms with Gasteiger partial charge in [0, 0.05) is 6.54 Å². The van der Waals surface area contributed by atoms with Crippen molar-refractivity contribution in [2.45, 2.75) is 26.8 Å². The molecule has 1 N–H and O–H groups in total. The monoisotopic (exact) mass is 291 g/mol. The van der Waals surface area contributed by atoms with Gasteiger partial charge in [-0.15, -0.1) is 0 Å². The van der Waals surface area contributed by atoms with Gasteiger partial charge in [-0.2, -0.15) is 0 Å². The van der Waals surface area contributed by atoms with Gasteiger partial charge in [0.15, 0.2) is 5.82 Å². The maximum absolute atomic E-state index is 13.7. The molecule has 0 saturated carbocycles. The highest BCUT2D eigenvalue weighted by Crippen LogP contribution is 2.22.